The Labute approximate surface area is 76.4 Å². The molecular formula is C5H7F3N2S2. The number of alkyl halides is 3. The molecule has 1 saturated heterocycles. The molecule has 1 aliphatic rings. The maximum Gasteiger partial charge on any atom is 0.457 e. The number of halogens is 3. The molecule has 0 aromatic carbocycles. The predicted molar refractivity (Wildman–Crippen MR) is 46.4 cm³/mol. The van der Waals surface area contributed by atoms with Gasteiger partial charge in [0.1, 0.15) is 4.71 Å². The van der Waals surface area contributed by atoms with Crippen molar-refractivity contribution in [3.05, 3.63) is 0 Å². The molecule has 1 rings (SSSR count). The van der Waals surface area contributed by atoms with E-state index in [1.54, 1.807) is 23.5 Å². The smallest absolute Gasteiger partial charge is 0.271 e. The van der Waals surface area contributed by atoms with Crippen molar-refractivity contribution >= 4 is 29.7 Å². The first-order chi connectivity index (χ1) is 5.58. The van der Waals surface area contributed by atoms with Crippen LogP contribution in [0.5, 0.6) is 0 Å². The van der Waals surface area contributed by atoms with Gasteiger partial charge in [-0.05, 0) is 0 Å². The zero-order chi connectivity index (χ0) is 9.03. The number of nitrogens with one attached hydrogen (secondary N) is 1. The first kappa shape index (κ1) is 10.2. The summed E-state index contributed by atoms with van der Waals surface area (Å²) in [6, 6.07) is 0. The molecule has 1 heterocycles. The van der Waals surface area contributed by atoms with Crippen LogP contribution in [0.2, 0.25) is 0 Å². The van der Waals surface area contributed by atoms with Gasteiger partial charge in [-0.2, -0.15) is 13.2 Å². The third kappa shape index (κ3) is 4.22. The molecule has 0 amide bonds. The number of rotatable bonds is 3. The van der Waals surface area contributed by atoms with E-state index in [-0.39, 0.29) is 11.3 Å². The van der Waals surface area contributed by atoms with Crippen LogP contribution >= 0.6 is 23.5 Å². The summed E-state index contributed by atoms with van der Waals surface area (Å²) in [5.74, 6) is 0. The maximum atomic E-state index is 11.5. The third-order valence-electron chi connectivity index (χ3n) is 1.04. The highest BCUT2D eigenvalue weighted by Crippen LogP contribution is 2.39. The first-order valence-corrected chi connectivity index (χ1v) is 5.24. The first-order valence-electron chi connectivity index (χ1n) is 3.14. The summed E-state index contributed by atoms with van der Waals surface area (Å²) in [4.78, 5) is 3.87. The predicted octanol–water partition coefficient (Wildman–Crippen LogP) is 1.89. The summed E-state index contributed by atoms with van der Waals surface area (Å²) in [6.07, 6.45) is -3.04. The summed E-state index contributed by atoms with van der Waals surface area (Å²) in [7, 11) is 0. The fourth-order valence-electron chi connectivity index (χ4n) is 0.515. The van der Waals surface area contributed by atoms with Crippen LogP contribution in [0.3, 0.4) is 0 Å². The number of hydrogen-bond donors (Lipinski definition) is 1. The van der Waals surface area contributed by atoms with Gasteiger partial charge in [0.05, 0.1) is 0 Å². The van der Waals surface area contributed by atoms with E-state index in [1.165, 1.54) is 11.5 Å². The fraction of sp³-hybridized carbons (Fsp3) is 0.800. The van der Waals surface area contributed by atoms with Gasteiger partial charge in [-0.25, -0.2) is 5.32 Å². The summed E-state index contributed by atoms with van der Waals surface area (Å²) < 4.78 is 34.6. The molecule has 2 nitrogen and oxygen atoms in total. The van der Waals surface area contributed by atoms with Gasteiger partial charge in [0, 0.05) is 17.8 Å². The second-order valence-corrected chi connectivity index (χ2v) is 4.77. The molecule has 7 heteroatoms. The highest BCUT2D eigenvalue weighted by Gasteiger charge is 2.25. The highest BCUT2D eigenvalue weighted by molar-refractivity contribution is 8.32. The molecule has 0 unspecified atom stereocenters. The summed E-state index contributed by atoms with van der Waals surface area (Å²) >= 11 is 3.24. The zero-order valence-corrected chi connectivity index (χ0v) is 7.60. The lowest BCUT2D eigenvalue weighted by molar-refractivity contribution is -0.153. The topological polar surface area (TPSA) is 24.4 Å². The fourth-order valence-corrected chi connectivity index (χ4v) is 1.89. The van der Waals surface area contributed by atoms with Crippen molar-refractivity contribution in [2.75, 3.05) is 11.6 Å². The molecule has 1 aliphatic heterocycles. The van der Waals surface area contributed by atoms with Crippen LogP contribution in [-0.4, -0.2) is 28.9 Å². The van der Waals surface area contributed by atoms with Crippen LogP contribution < -0.4 is 5.32 Å². The molecule has 0 spiro atoms. The van der Waals surface area contributed by atoms with Crippen LogP contribution in [0.15, 0.2) is 4.99 Å². The van der Waals surface area contributed by atoms with Crippen LogP contribution in [0, 0.1) is 0 Å². The lowest BCUT2D eigenvalue weighted by Gasteiger charge is -2.19. The van der Waals surface area contributed by atoms with Crippen LogP contribution in [-0.2, 0) is 0 Å². The van der Waals surface area contributed by atoms with Gasteiger partial charge < -0.3 is 0 Å². The van der Waals surface area contributed by atoms with E-state index in [0.29, 0.717) is 0 Å². The molecular weight excluding hydrogens is 209 g/mol. The van der Waals surface area contributed by atoms with Crippen molar-refractivity contribution in [3.63, 3.8) is 0 Å². The van der Waals surface area contributed by atoms with Crippen LogP contribution in [0.25, 0.3) is 0 Å². The highest BCUT2D eigenvalue weighted by atomic mass is 32.3. The van der Waals surface area contributed by atoms with Gasteiger partial charge in [-0.3, -0.25) is 4.99 Å². The second-order valence-electron chi connectivity index (χ2n) is 1.97. The van der Waals surface area contributed by atoms with E-state index in [1.807, 2.05) is 0 Å². The number of thioether (sulfide) groups is 2. The van der Waals surface area contributed by atoms with E-state index < -0.39 is 6.30 Å². The Morgan fingerprint density at radius 3 is 2.58 bits per heavy atom. The minimum absolute atomic E-state index is 0.111. The van der Waals surface area contributed by atoms with Gasteiger partial charge in [-0.15, -0.1) is 23.5 Å². The van der Waals surface area contributed by atoms with Crippen molar-refractivity contribution in [1.29, 1.82) is 0 Å². The van der Waals surface area contributed by atoms with E-state index in [9.17, 15) is 13.2 Å². The average molecular weight is 216 g/mol. The minimum atomic E-state index is -4.30. The molecule has 12 heavy (non-hydrogen) atoms. The van der Waals surface area contributed by atoms with Gasteiger partial charge in [0.25, 0.3) is 0 Å². The molecule has 0 radical (unpaired) electrons. The van der Waals surface area contributed by atoms with Crippen molar-refractivity contribution in [3.8, 4) is 0 Å². The monoisotopic (exact) mass is 216 g/mol. The van der Waals surface area contributed by atoms with Gasteiger partial charge in [0.15, 0.2) is 0 Å². The molecule has 0 saturated carbocycles. The quantitative estimate of drug-likeness (QED) is 0.576. The van der Waals surface area contributed by atoms with Gasteiger partial charge in [-0.1, -0.05) is 0 Å². The summed E-state index contributed by atoms with van der Waals surface area (Å²) in [5.41, 5.74) is 0. The molecule has 70 valence electrons. The van der Waals surface area contributed by atoms with Gasteiger partial charge >= 0.3 is 6.30 Å². The maximum absolute atomic E-state index is 11.5. The lowest BCUT2D eigenvalue weighted by Crippen LogP contribution is -2.33. The van der Waals surface area contributed by atoms with Crippen LogP contribution in [0.4, 0.5) is 13.2 Å². The summed E-state index contributed by atoms with van der Waals surface area (Å²) in [5, 5.41) is 2.34. The van der Waals surface area contributed by atoms with E-state index in [4.69, 9.17) is 0 Å². The average Bonchev–Trinajstić information content (AvgIpc) is 1.80. The van der Waals surface area contributed by atoms with Crippen molar-refractivity contribution in [1.82, 2.24) is 5.32 Å². The third-order valence-corrected chi connectivity index (χ3v) is 3.76. The Balaban J connectivity index is 2.04. The molecule has 0 aromatic heterocycles. The summed E-state index contributed by atoms with van der Waals surface area (Å²) in [6.45, 7) is -0.249. The SMILES string of the molecule is FC(F)(F)NCC=NC1SCS1. The number of aliphatic imine (C=N–C) groups is 1. The van der Waals surface area contributed by atoms with E-state index in [2.05, 4.69) is 4.99 Å². The Bertz CT molecular complexity index is 167. The van der Waals surface area contributed by atoms with E-state index >= 15 is 0 Å². The number of nitrogens with zero attached hydrogens (tertiary/aromatic N) is 1. The number of hydrogen-bond acceptors (Lipinski definition) is 4. The van der Waals surface area contributed by atoms with Crippen molar-refractivity contribution in [2.24, 2.45) is 4.99 Å². The molecule has 0 atom stereocenters. The Morgan fingerprint density at radius 1 is 1.50 bits per heavy atom. The minimum Gasteiger partial charge on any atom is -0.271 e. The normalized spacial score (nSPS) is 19.9. The molecule has 1 N–H and O–H groups in total. The zero-order valence-electron chi connectivity index (χ0n) is 5.97. The molecule has 0 aliphatic carbocycles. The van der Waals surface area contributed by atoms with Gasteiger partial charge in [0.2, 0.25) is 0 Å². The largest absolute Gasteiger partial charge is 0.457 e. The van der Waals surface area contributed by atoms with Crippen molar-refractivity contribution < 1.29 is 13.2 Å². The molecule has 1 fully saturated rings. The Morgan fingerprint density at radius 2 is 2.17 bits per heavy atom. The molecule has 0 aromatic rings. The molecule has 0 bridgehead atoms. The standard InChI is InChI=1S/C5H7F3N2S2/c6-5(7,8)10-2-1-9-4-11-3-12-4/h1,4,10H,2-3H2. The van der Waals surface area contributed by atoms with Crippen molar-refractivity contribution in [2.45, 2.75) is 11.0 Å². The van der Waals surface area contributed by atoms with E-state index in [0.717, 1.165) is 5.08 Å². The van der Waals surface area contributed by atoms with Crippen LogP contribution in [0.1, 0.15) is 0 Å². The second kappa shape index (κ2) is 4.38. The Hall–Kier alpha value is 0.120. The lowest BCUT2D eigenvalue weighted by atomic mass is 10.7. The Kier molecular flexibility index (Phi) is 3.73.